The lowest BCUT2D eigenvalue weighted by atomic mass is 9.96. The molecule has 2 rings (SSSR count). The summed E-state index contributed by atoms with van der Waals surface area (Å²) in [4.78, 5) is 25.2. The van der Waals surface area contributed by atoms with Gasteiger partial charge in [0.25, 0.3) is 0 Å². The maximum absolute atomic E-state index is 12.5. The zero-order chi connectivity index (χ0) is 16.3. The third-order valence-corrected chi connectivity index (χ3v) is 6.16. The topological polar surface area (TPSA) is 97.5 Å². The molecule has 0 unspecified atom stereocenters. The van der Waals surface area contributed by atoms with Crippen LogP contribution >= 0.6 is 0 Å². The smallest absolute Gasteiger partial charge is 0.241 e. The first-order valence-electron chi connectivity index (χ1n) is 7.21. The highest BCUT2D eigenvalue weighted by Gasteiger charge is 2.35. The van der Waals surface area contributed by atoms with Gasteiger partial charge in [-0.15, -0.1) is 0 Å². The number of piperidine rings is 1. The first-order chi connectivity index (χ1) is 10.3. The molecule has 0 radical (unpaired) electrons. The highest BCUT2D eigenvalue weighted by molar-refractivity contribution is 7.92. The van der Waals surface area contributed by atoms with Gasteiger partial charge in [0.1, 0.15) is 5.25 Å². The largest absolute Gasteiger partial charge is 0.369 e. The normalized spacial score (nSPS) is 18.0. The van der Waals surface area contributed by atoms with E-state index in [0.717, 1.165) is 0 Å². The van der Waals surface area contributed by atoms with Gasteiger partial charge in [0.15, 0.2) is 9.84 Å². The monoisotopic (exact) mass is 324 g/mol. The lowest BCUT2D eigenvalue weighted by Gasteiger charge is -2.32. The van der Waals surface area contributed by atoms with Gasteiger partial charge >= 0.3 is 0 Å². The predicted molar refractivity (Wildman–Crippen MR) is 81.6 cm³/mol. The van der Waals surface area contributed by atoms with Gasteiger partial charge < -0.3 is 10.6 Å². The van der Waals surface area contributed by atoms with Gasteiger partial charge in [-0.3, -0.25) is 9.59 Å². The number of sulfone groups is 1. The van der Waals surface area contributed by atoms with Crippen LogP contribution in [0.2, 0.25) is 0 Å². The molecule has 22 heavy (non-hydrogen) atoms. The SMILES string of the molecule is C[C@@H](C(=O)N1CCC(C(N)=O)CC1)S(=O)(=O)c1ccccc1. The number of hydrogen-bond donors (Lipinski definition) is 1. The molecule has 0 saturated carbocycles. The zero-order valence-electron chi connectivity index (χ0n) is 12.4. The summed E-state index contributed by atoms with van der Waals surface area (Å²) in [6.07, 6.45) is 0.971. The van der Waals surface area contributed by atoms with Crippen molar-refractivity contribution in [1.82, 2.24) is 4.90 Å². The number of rotatable bonds is 4. The Morgan fingerprint density at radius 1 is 1.18 bits per heavy atom. The molecular formula is C15H20N2O4S. The summed E-state index contributed by atoms with van der Waals surface area (Å²) in [6.45, 7) is 2.13. The summed E-state index contributed by atoms with van der Waals surface area (Å²) in [6, 6.07) is 7.95. The van der Waals surface area contributed by atoms with Gasteiger partial charge in [-0.2, -0.15) is 0 Å². The molecule has 7 heteroatoms. The van der Waals surface area contributed by atoms with E-state index in [4.69, 9.17) is 5.73 Å². The van der Waals surface area contributed by atoms with E-state index in [1.54, 1.807) is 18.2 Å². The molecule has 1 heterocycles. The van der Waals surface area contributed by atoms with E-state index >= 15 is 0 Å². The van der Waals surface area contributed by atoms with Crippen molar-refractivity contribution in [2.75, 3.05) is 13.1 Å². The Kier molecular flexibility index (Phi) is 4.85. The van der Waals surface area contributed by atoms with Gasteiger partial charge in [0, 0.05) is 19.0 Å². The van der Waals surface area contributed by atoms with Crippen LogP contribution in [0.5, 0.6) is 0 Å². The molecular weight excluding hydrogens is 304 g/mol. The lowest BCUT2D eigenvalue weighted by Crippen LogP contribution is -2.47. The van der Waals surface area contributed by atoms with Crippen LogP contribution in [0, 0.1) is 5.92 Å². The first-order valence-corrected chi connectivity index (χ1v) is 8.75. The summed E-state index contributed by atoms with van der Waals surface area (Å²) in [5.74, 6) is -1.02. The van der Waals surface area contributed by atoms with Crippen LogP contribution in [0.1, 0.15) is 19.8 Å². The fraction of sp³-hybridized carbons (Fsp3) is 0.467. The van der Waals surface area contributed by atoms with Crippen LogP contribution < -0.4 is 5.73 Å². The average Bonchev–Trinajstić information content (AvgIpc) is 2.54. The summed E-state index contributed by atoms with van der Waals surface area (Å²) in [7, 11) is -3.70. The van der Waals surface area contributed by atoms with Crippen molar-refractivity contribution in [3.05, 3.63) is 30.3 Å². The average molecular weight is 324 g/mol. The summed E-state index contributed by atoms with van der Waals surface area (Å²) >= 11 is 0. The number of carbonyl (C=O) groups excluding carboxylic acids is 2. The zero-order valence-corrected chi connectivity index (χ0v) is 13.3. The minimum atomic E-state index is -3.70. The number of primary amides is 1. The van der Waals surface area contributed by atoms with Crippen LogP contribution in [-0.4, -0.2) is 43.5 Å². The summed E-state index contributed by atoms with van der Waals surface area (Å²) in [5.41, 5.74) is 5.26. The van der Waals surface area contributed by atoms with E-state index in [0.29, 0.717) is 25.9 Å². The van der Waals surface area contributed by atoms with E-state index in [1.807, 2.05) is 0 Å². The van der Waals surface area contributed by atoms with Gasteiger partial charge in [0.2, 0.25) is 11.8 Å². The molecule has 1 aromatic carbocycles. The standard InChI is InChI=1S/C15H20N2O4S/c1-11(22(20,21)13-5-3-2-4-6-13)15(19)17-9-7-12(8-10-17)14(16)18/h2-6,11-12H,7-10H2,1H3,(H2,16,18)/t11-/m0/s1. The van der Waals surface area contributed by atoms with Crippen LogP contribution in [0.25, 0.3) is 0 Å². The Morgan fingerprint density at radius 3 is 2.23 bits per heavy atom. The van der Waals surface area contributed by atoms with Crippen LogP contribution in [-0.2, 0) is 19.4 Å². The van der Waals surface area contributed by atoms with E-state index in [1.165, 1.54) is 24.0 Å². The Hall–Kier alpha value is -1.89. The van der Waals surface area contributed by atoms with Crippen molar-refractivity contribution in [2.45, 2.75) is 29.9 Å². The minimum Gasteiger partial charge on any atom is -0.369 e. The highest BCUT2D eigenvalue weighted by atomic mass is 32.2. The van der Waals surface area contributed by atoms with Gasteiger partial charge in [0.05, 0.1) is 4.90 Å². The Balaban J connectivity index is 2.09. The molecule has 0 aliphatic carbocycles. The van der Waals surface area contributed by atoms with Gasteiger partial charge in [-0.25, -0.2) is 8.42 Å². The molecule has 1 aliphatic rings. The number of nitrogens with zero attached hydrogens (tertiary/aromatic N) is 1. The van der Waals surface area contributed by atoms with Crippen molar-refractivity contribution in [1.29, 1.82) is 0 Å². The van der Waals surface area contributed by atoms with Crippen molar-refractivity contribution in [2.24, 2.45) is 11.7 Å². The van der Waals surface area contributed by atoms with Gasteiger partial charge in [-0.05, 0) is 31.9 Å². The predicted octanol–water partition coefficient (Wildman–Crippen LogP) is 0.573. The molecule has 0 bridgehead atoms. The molecule has 1 aliphatic heterocycles. The maximum Gasteiger partial charge on any atom is 0.241 e. The lowest BCUT2D eigenvalue weighted by molar-refractivity contribution is -0.134. The van der Waals surface area contributed by atoms with Crippen molar-refractivity contribution in [3.63, 3.8) is 0 Å². The Morgan fingerprint density at radius 2 is 1.73 bits per heavy atom. The first kappa shape index (κ1) is 16.5. The second-order valence-corrected chi connectivity index (χ2v) is 7.77. The van der Waals surface area contributed by atoms with E-state index in [-0.39, 0.29) is 16.7 Å². The molecule has 120 valence electrons. The van der Waals surface area contributed by atoms with Crippen molar-refractivity contribution < 1.29 is 18.0 Å². The quantitative estimate of drug-likeness (QED) is 0.875. The molecule has 1 saturated heterocycles. The highest BCUT2D eigenvalue weighted by Crippen LogP contribution is 2.21. The molecule has 0 spiro atoms. The Labute approximate surface area is 130 Å². The number of likely N-dealkylation sites (tertiary alicyclic amines) is 1. The second-order valence-electron chi connectivity index (χ2n) is 5.50. The van der Waals surface area contributed by atoms with E-state index in [2.05, 4.69) is 0 Å². The number of amides is 2. The fourth-order valence-corrected chi connectivity index (χ4v) is 3.95. The van der Waals surface area contributed by atoms with Crippen molar-refractivity contribution >= 4 is 21.7 Å². The van der Waals surface area contributed by atoms with Crippen molar-refractivity contribution in [3.8, 4) is 0 Å². The van der Waals surface area contributed by atoms with Crippen LogP contribution in [0.3, 0.4) is 0 Å². The van der Waals surface area contributed by atoms with Gasteiger partial charge in [-0.1, -0.05) is 18.2 Å². The summed E-state index contributed by atoms with van der Waals surface area (Å²) in [5, 5.41) is -1.14. The maximum atomic E-state index is 12.5. The van der Waals surface area contributed by atoms with Crippen LogP contribution in [0.15, 0.2) is 35.2 Å². The molecule has 1 atom stereocenters. The van der Waals surface area contributed by atoms with E-state index in [9.17, 15) is 18.0 Å². The number of benzene rings is 1. The number of carbonyl (C=O) groups is 2. The molecule has 2 N–H and O–H groups in total. The van der Waals surface area contributed by atoms with E-state index < -0.39 is 21.0 Å². The molecule has 1 aromatic rings. The fourth-order valence-electron chi connectivity index (χ4n) is 2.59. The number of hydrogen-bond acceptors (Lipinski definition) is 4. The molecule has 2 amide bonds. The number of nitrogens with two attached hydrogens (primary N) is 1. The van der Waals surface area contributed by atoms with Crippen LogP contribution in [0.4, 0.5) is 0 Å². The third-order valence-electron chi connectivity index (χ3n) is 4.09. The third kappa shape index (κ3) is 3.30. The molecule has 1 fully saturated rings. The second kappa shape index (κ2) is 6.48. The minimum absolute atomic E-state index is 0.142. The molecule has 6 nitrogen and oxygen atoms in total. The Bertz CT molecular complexity index is 649. The summed E-state index contributed by atoms with van der Waals surface area (Å²) < 4.78 is 24.9. The molecule has 0 aromatic heterocycles.